The van der Waals surface area contributed by atoms with Crippen LogP contribution < -0.4 is 0 Å². The van der Waals surface area contributed by atoms with Gasteiger partial charge in [0, 0.05) is 16.4 Å². The van der Waals surface area contributed by atoms with Crippen LogP contribution in [0.5, 0.6) is 0 Å². The van der Waals surface area contributed by atoms with Crippen molar-refractivity contribution in [2.45, 2.75) is 53.1 Å². The maximum atomic E-state index is 16.5. The molecule has 138 valence electrons. The Morgan fingerprint density at radius 1 is 0.880 bits per heavy atom. The zero-order valence-electron chi connectivity index (χ0n) is 16.1. The van der Waals surface area contributed by atoms with Gasteiger partial charge in [-0.3, -0.25) is 0 Å². The Morgan fingerprint density at radius 3 is 1.80 bits per heavy atom. The average molecular weight is 350 g/mol. The minimum atomic E-state index is -3.62. The molecule has 0 fully saturated rings. The third-order valence-corrected chi connectivity index (χ3v) is 4.53. The van der Waals surface area contributed by atoms with E-state index in [9.17, 15) is 0 Å². The molecule has 1 aromatic rings. The maximum Gasteiger partial charge on any atom is 0.290 e. The fourth-order valence-corrected chi connectivity index (χ4v) is 2.99. The summed E-state index contributed by atoms with van der Waals surface area (Å²) in [6.45, 7) is 15.9. The van der Waals surface area contributed by atoms with E-state index in [1.54, 1.807) is 30.3 Å². The molecule has 0 aliphatic carbocycles. The highest BCUT2D eigenvalue weighted by atomic mass is 19.3. The van der Waals surface area contributed by atoms with E-state index < -0.39 is 22.4 Å². The molecule has 0 saturated carbocycles. The molecule has 0 bridgehead atoms. The molecule has 0 heterocycles. The van der Waals surface area contributed by atoms with Gasteiger partial charge in [-0.2, -0.15) is 0 Å². The zero-order chi connectivity index (χ0) is 19.7. The third-order valence-electron chi connectivity index (χ3n) is 4.53. The third kappa shape index (κ3) is 3.47. The molecule has 3 heteroatoms. The van der Waals surface area contributed by atoms with E-state index in [2.05, 4.69) is 13.2 Å². The Balaban J connectivity index is 3.93. The van der Waals surface area contributed by atoms with Crippen LogP contribution in [0.4, 0.5) is 13.2 Å². The predicted molar refractivity (Wildman–Crippen MR) is 102 cm³/mol. The van der Waals surface area contributed by atoms with Crippen LogP contribution in [0, 0.1) is 10.8 Å². The summed E-state index contributed by atoms with van der Waals surface area (Å²) in [6.07, 6.45) is 4.26. The van der Waals surface area contributed by atoms with Crippen molar-refractivity contribution in [3.63, 3.8) is 0 Å². The van der Waals surface area contributed by atoms with E-state index in [-0.39, 0.29) is 5.57 Å². The van der Waals surface area contributed by atoms with Crippen molar-refractivity contribution < 1.29 is 13.2 Å². The van der Waals surface area contributed by atoms with Gasteiger partial charge in [-0.1, -0.05) is 97.2 Å². The van der Waals surface area contributed by atoms with Crippen molar-refractivity contribution in [1.29, 1.82) is 0 Å². The monoisotopic (exact) mass is 350 g/mol. The second kappa shape index (κ2) is 6.86. The first-order chi connectivity index (χ1) is 11.3. The second-order valence-electron chi connectivity index (χ2n) is 8.34. The number of benzene rings is 1. The number of alkyl halides is 3. The molecule has 0 saturated heterocycles. The quantitative estimate of drug-likeness (QED) is 0.487. The minimum Gasteiger partial charge on any atom is -0.231 e. The fraction of sp³-hybridized carbons (Fsp3) is 0.455. The van der Waals surface area contributed by atoms with Gasteiger partial charge in [-0.15, -0.1) is 0 Å². The number of rotatable bonds is 5. The van der Waals surface area contributed by atoms with Crippen molar-refractivity contribution in [3.05, 3.63) is 60.7 Å². The Bertz CT molecular complexity index is 669. The molecular formula is C22H29F3. The molecule has 0 aliphatic heterocycles. The standard InChI is InChI=1S/C22H29F3/c1-9-13-18(17-15-12-11-14-16(17)10-2)21(23,19(3,4)5)22(24,25)20(6,7)8/h9-15H,1-2H2,3-8H3/b18-13+. The Morgan fingerprint density at radius 2 is 1.40 bits per heavy atom. The molecule has 25 heavy (non-hydrogen) atoms. The van der Waals surface area contributed by atoms with Gasteiger partial charge in [0.15, 0.2) is 0 Å². The van der Waals surface area contributed by atoms with Crippen LogP contribution in [0.15, 0.2) is 49.6 Å². The Labute approximate surface area is 150 Å². The van der Waals surface area contributed by atoms with Crippen molar-refractivity contribution >= 4 is 11.6 Å². The number of hydrogen-bond acceptors (Lipinski definition) is 0. The number of allylic oxidation sites excluding steroid dienone is 3. The molecule has 1 aromatic carbocycles. The zero-order valence-corrected chi connectivity index (χ0v) is 16.1. The molecule has 1 unspecified atom stereocenters. The van der Waals surface area contributed by atoms with Crippen molar-refractivity contribution in [1.82, 2.24) is 0 Å². The van der Waals surface area contributed by atoms with Crippen molar-refractivity contribution in [2.24, 2.45) is 10.8 Å². The smallest absolute Gasteiger partial charge is 0.231 e. The van der Waals surface area contributed by atoms with Crippen LogP contribution in [0.2, 0.25) is 0 Å². The summed E-state index contributed by atoms with van der Waals surface area (Å²) in [4.78, 5) is 0. The molecule has 0 amide bonds. The summed E-state index contributed by atoms with van der Waals surface area (Å²) < 4.78 is 47.5. The van der Waals surface area contributed by atoms with Gasteiger partial charge in [-0.05, 0) is 11.1 Å². The lowest BCUT2D eigenvalue weighted by Crippen LogP contribution is -2.60. The first-order valence-electron chi connectivity index (χ1n) is 8.37. The predicted octanol–water partition coefficient (Wildman–Crippen LogP) is 7.33. The van der Waals surface area contributed by atoms with Crippen molar-refractivity contribution in [2.75, 3.05) is 0 Å². The van der Waals surface area contributed by atoms with Crippen LogP contribution in [0.25, 0.3) is 11.6 Å². The van der Waals surface area contributed by atoms with E-state index in [0.717, 1.165) is 0 Å². The van der Waals surface area contributed by atoms with Crippen LogP contribution >= 0.6 is 0 Å². The SMILES string of the molecule is C=C/C=C(\c1ccccc1C=C)C(F)(C(C)(C)C)C(F)(F)C(C)(C)C. The lowest BCUT2D eigenvalue weighted by molar-refractivity contribution is -0.210. The average Bonchev–Trinajstić information content (AvgIpc) is 2.49. The second-order valence-corrected chi connectivity index (χ2v) is 8.34. The van der Waals surface area contributed by atoms with Gasteiger partial charge in [0.25, 0.3) is 5.92 Å². The molecule has 0 radical (unpaired) electrons. The van der Waals surface area contributed by atoms with Crippen LogP contribution in [-0.2, 0) is 0 Å². The Hall–Kier alpha value is -1.77. The first kappa shape index (κ1) is 21.3. The van der Waals surface area contributed by atoms with Gasteiger partial charge in [-0.25, -0.2) is 13.2 Å². The molecule has 0 aromatic heterocycles. The van der Waals surface area contributed by atoms with E-state index in [4.69, 9.17) is 0 Å². The largest absolute Gasteiger partial charge is 0.290 e. The molecule has 0 nitrogen and oxygen atoms in total. The van der Waals surface area contributed by atoms with Crippen molar-refractivity contribution in [3.8, 4) is 0 Å². The van der Waals surface area contributed by atoms with Gasteiger partial charge < -0.3 is 0 Å². The Kier molecular flexibility index (Phi) is 5.83. The highest BCUT2D eigenvalue weighted by Gasteiger charge is 2.68. The van der Waals surface area contributed by atoms with Crippen LogP contribution in [0.3, 0.4) is 0 Å². The lowest BCUT2D eigenvalue weighted by atomic mass is 9.62. The summed E-state index contributed by atoms with van der Waals surface area (Å²) in [5.41, 5.74) is -4.91. The van der Waals surface area contributed by atoms with Crippen LogP contribution in [0.1, 0.15) is 52.7 Å². The summed E-state index contributed by atoms with van der Waals surface area (Å²) >= 11 is 0. The summed E-state index contributed by atoms with van der Waals surface area (Å²) in [5.74, 6) is -3.62. The number of hydrogen-bond donors (Lipinski definition) is 0. The molecule has 0 spiro atoms. The van der Waals surface area contributed by atoms with Crippen LogP contribution in [-0.4, -0.2) is 11.6 Å². The maximum absolute atomic E-state index is 16.5. The van der Waals surface area contributed by atoms with E-state index >= 15 is 13.2 Å². The number of halogens is 3. The topological polar surface area (TPSA) is 0 Å². The van der Waals surface area contributed by atoms with Gasteiger partial charge in [0.1, 0.15) is 0 Å². The molecule has 0 aliphatic rings. The fourth-order valence-electron chi connectivity index (χ4n) is 2.99. The van der Waals surface area contributed by atoms with Gasteiger partial charge in [0.05, 0.1) is 0 Å². The summed E-state index contributed by atoms with van der Waals surface area (Å²) in [7, 11) is 0. The molecule has 1 atom stereocenters. The normalized spacial score (nSPS) is 16.3. The molecule has 1 rings (SSSR count). The van der Waals surface area contributed by atoms with Gasteiger partial charge >= 0.3 is 0 Å². The lowest BCUT2D eigenvalue weighted by Gasteiger charge is -2.49. The highest BCUT2D eigenvalue weighted by Crippen LogP contribution is 2.59. The first-order valence-corrected chi connectivity index (χ1v) is 8.37. The van der Waals surface area contributed by atoms with E-state index in [0.29, 0.717) is 11.1 Å². The van der Waals surface area contributed by atoms with E-state index in [1.807, 2.05) is 0 Å². The summed E-state index contributed by atoms with van der Waals surface area (Å²) in [6, 6.07) is 6.85. The molecule has 0 N–H and O–H groups in total. The molecular weight excluding hydrogens is 321 g/mol. The summed E-state index contributed by atoms with van der Waals surface area (Å²) in [5, 5.41) is 0. The highest BCUT2D eigenvalue weighted by molar-refractivity contribution is 5.81. The minimum absolute atomic E-state index is 0.0783. The van der Waals surface area contributed by atoms with Gasteiger partial charge in [0.2, 0.25) is 5.67 Å². The van der Waals surface area contributed by atoms with E-state index in [1.165, 1.54) is 53.7 Å².